The summed E-state index contributed by atoms with van der Waals surface area (Å²) in [6, 6.07) is 15.6. The Bertz CT molecular complexity index is 3010. The third kappa shape index (κ3) is 9.46. The van der Waals surface area contributed by atoms with Gasteiger partial charge in [-0.3, -0.25) is 38.7 Å². The molecule has 2 aliphatic heterocycles. The van der Waals surface area contributed by atoms with Crippen LogP contribution in [0, 0.1) is 0 Å². The highest BCUT2D eigenvalue weighted by atomic mass is 16.5. The van der Waals surface area contributed by atoms with Crippen LogP contribution in [0.2, 0.25) is 0 Å². The topological polar surface area (TPSA) is 220 Å². The maximum atomic E-state index is 13.7. The molecule has 6 heterocycles. The van der Waals surface area contributed by atoms with E-state index in [4.69, 9.17) is 9.47 Å². The molecule has 2 aliphatic rings. The molecule has 20 nitrogen and oxygen atoms in total. The Kier molecular flexibility index (Phi) is 13.0. The number of nitrogens with one attached hydrogen (secondary N) is 4. The van der Waals surface area contributed by atoms with Crippen LogP contribution in [-0.2, 0) is 39.4 Å². The number of carbonyl (C=O) groups is 6. The number of carbonyl (C=O) groups excluding carboxylic acids is 6. The second-order valence-electron chi connectivity index (χ2n) is 16.7. The first-order chi connectivity index (χ1) is 32.6. The van der Waals surface area contributed by atoms with Crippen molar-refractivity contribution in [1.82, 2.24) is 28.2 Å². The molecule has 0 saturated heterocycles. The van der Waals surface area contributed by atoms with Gasteiger partial charge in [0.1, 0.15) is 17.1 Å². The van der Waals surface area contributed by atoms with Gasteiger partial charge >= 0.3 is 0 Å². The third-order valence-corrected chi connectivity index (χ3v) is 11.7. The molecule has 0 bridgehead atoms. The van der Waals surface area contributed by atoms with Crippen LogP contribution in [0.25, 0.3) is 0 Å². The highest BCUT2D eigenvalue weighted by Gasteiger charge is 2.36. The molecule has 1 atom stereocenters. The summed E-state index contributed by atoms with van der Waals surface area (Å²) >= 11 is 0. The van der Waals surface area contributed by atoms with Crippen LogP contribution in [0.5, 0.6) is 11.5 Å². The summed E-state index contributed by atoms with van der Waals surface area (Å²) in [5, 5.41) is 11.1. The minimum atomic E-state index is -0.586. The number of rotatable bonds is 16. The zero-order valence-electron chi connectivity index (χ0n) is 38.7. The Labute approximate surface area is 391 Å². The van der Waals surface area contributed by atoms with Gasteiger partial charge in [0.25, 0.3) is 29.5 Å². The van der Waals surface area contributed by atoms with Crippen molar-refractivity contribution in [3.05, 3.63) is 113 Å². The van der Waals surface area contributed by atoms with Crippen molar-refractivity contribution in [2.75, 3.05) is 53.5 Å². The van der Waals surface area contributed by atoms with E-state index in [1.165, 1.54) is 30.0 Å². The molecule has 4 aromatic heterocycles. The number of nitrogens with zero attached hydrogens (tertiary/aromatic N) is 8. The Morgan fingerprint density at radius 2 is 1.40 bits per heavy atom. The van der Waals surface area contributed by atoms with E-state index in [2.05, 4.69) is 31.2 Å². The first kappa shape index (κ1) is 46.1. The number of benzene rings is 2. The van der Waals surface area contributed by atoms with Gasteiger partial charge in [-0.1, -0.05) is 25.1 Å². The van der Waals surface area contributed by atoms with Gasteiger partial charge in [-0.25, -0.2) is 4.98 Å². The molecule has 352 valence electrons. The van der Waals surface area contributed by atoms with Gasteiger partial charge in [0.2, 0.25) is 11.7 Å². The Balaban J connectivity index is 0.818. The molecule has 0 saturated carbocycles. The van der Waals surface area contributed by atoms with Gasteiger partial charge in [-0.15, -0.1) is 0 Å². The molecule has 1 unspecified atom stereocenters. The lowest BCUT2D eigenvalue weighted by Gasteiger charge is -2.22. The molecular formula is C48H52N12O8. The standard InChI is InChI=1S/C48H52N12O8/c1-8-15-55(2)48(66)38-20-31(26-58(38)5)51-44(62)36-19-30(25-57(36)4)52-46(64)43-53-41(27-59(43)6)54-45(63)37-18-29(24-56(37)3)50-42(61)14-11-16-68-40-22-34-33(21-39(40)67-7)47(65)60-32(23-49-34)17-28-12-9-10-13-35(28)60/h9-10,12-13,18-27,32H,8,11,14-17H2,1-7H3,(H,50,61)(H,51,62)(H,52,64)(H,54,63). The van der Waals surface area contributed by atoms with Crippen LogP contribution in [-0.4, -0.2) is 103 Å². The van der Waals surface area contributed by atoms with Gasteiger partial charge in [-0.2, -0.15) is 0 Å². The SMILES string of the molecule is CCCN(C)C(=O)c1cc(NC(=O)c2cc(NC(=O)c3nc(NC(=O)c4cc(NC(=O)CCCOc5cc6c(cc5OC)C(=O)N5c7ccccc7CC5C=N6)cn4C)cn3C)cn2C)cn1C. The fourth-order valence-electron chi connectivity index (χ4n) is 8.32. The van der Waals surface area contributed by atoms with Crippen molar-refractivity contribution >= 4 is 75.9 Å². The number of para-hydroxylation sites is 1. The van der Waals surface area contributed by atoms with Gasteiger partial charge in [0.05, 0.1) is 48.1 Å². The summed E-state index contributed by atoms with van der Waals surface area (Å²) in [6.45, 7) is 2.77. The lowest BCUT2D eigenvalue weighted by molar-refractivity contribution is -0.116. The van der Waals surface area contributed by atoms with Crippen LogP contribution in [0.1, 0.15) is 84.2 Å². The van der Waals surface area contributed by atoms with E-state index in [9.17, 15) is 28.8 Å². The maximum Gasteiger partial charge on any atom is 0.291 e. The van der Waals surface area contributed by atoms with Crippen molar-refractivity contribution in [3.63, 3.8) is 0 Å². The Morgan fingerprint density at radius 1 is 0.765 bits per heavy atom. The van der Waals surface area contributed by atoms with E-state index < -0.39 is 17.7 Å². The second kappa shape index (κ2) is 19.2. The number of hydrogen-bond acceptors (Lipinski definition) is 10. The van der Waals surface area contributed by atoms with Crippen LogP contribution in [0.15, 0.2) is 84.4 Å². The first-order valence-corrected chi connectivity index (χ1v) is 21.9. The predicted octanol–water partition coefficient (Wildman–Crippen LogP) is 5.77. The minimum Gasteiger partial charge on any atom is -0.493 e. The highest BCUT2D eigenvalue weighted by Crippen LogP contribution is 2.41. The monoisotopic (exact) mass is 924 g/mol. The number of anilines is 5. The zero-order valence-corrected chi connectivity index (χ0v) is 38.7. The number of ether oxygens (including phenoxy) is 2. The molecule has 20 heteroatoms. The van der Waals surface area contributed by atoms with Crippen molar-refractivity contribution in [2.24, 2.45) is 33.2 Å². The summed E-state index contributed by atoms with van der Waals surface area (Å²) in [6.07, 6.45) is 10.1. The van der Waals surface area contributed by atoms with E-state index in [-0.39, 0.29) is 59.8 Å². The van der Waals surface area contributed by atoms with Gasteiger partial charge in [0, 0.05) is 97.4 Å². The number of aliphatic imine (C=N–C) groups is 1. The van der Waals surface area contributed by atoms with Crippen molar-refractivity contribution in [3.8, 4) is 11.5 Å². The van der Waals surface area contributed by atoms with Gasteiger partial charge < -0.3 is 53.9 Å². The second-order valence-corrected chi connectivity index (χ2v) is 16.7. The van der Waals surface area contributed by atoms with E-state index in [0.717, 1.165) is 17.7 Å². The van der Waals surface area contributed by atoms with E-state index in [1.807, 2.05) is 31.2 Å². The van der Waals surface area contributed by atoms with Crippen molar-refractivity contribution in [1.29, 1.82) is 0 Å². The fraction of sp³-hybridized carbons (Fsp3) is 0.292. The predicted molar refractivity (Wildman–Crippen MR) is 256 cm³/mol. The molecule has 0 spiro atoms. The summed E-state index contributed by atoms with van der Waals surface area (Å²) in [5.41, 5.74) is 4.92. The number of imidazole rings is 1. The van der Waals surface area contributed by atoms with Gasteiger partial charge in [0.15, 0.2) is 17.3 Å². The number of fused-ring (bicyclic) bond motifs is 4. The van der Waals surface area contributed by atoms with Gasteiger partial charge in [-0.05, 0) is 48.7 Å². The molecule has 2 aromatic carbocycles. The fourth-order valence-corrected chi connectivity index (χ4v) is 8.32. The van der Waals surface area contributed by atoms with Crippen molar-refractivity contribution in [2.45, 2.75) is 38.6 Å². The van der Waals surface area contributed by atoms with Crippen molar-refractivity contribution < 1.29 is 38.2 Å². The quantitative estimate of drug-likeness (QED) is 0.0865. The molecule has 6 amide bonds. The number of hydrogen-bond donors (Lipinski definition) is 4. The molecule has 0 fully saturated rings. The minimum absolute atomic E-state index is 0.00982. The summed E-state index contributed by atoms with van der Waals surface area (Å²) in [7, 11) is 9.87. The molecule has 8 rings (SSSR count). The van der Waals surface area contributed by atoms with Crippen LogP contribution >= 0.6 is 0 Å². The smallest absolute Gasteiger partial charge is 0.291 e. The molecule has 4 N–H and O–H groups in total. The number of methoxy groups -OCH3 is 1. The number of aromatic nitrogens is 5. The lowest BCUT2D eigenvalue weighted by atomic mass is 10.1. The molecular weight excluding hydrogens is 873 g/mol. The number of aryl methyl sites for hydroxylation is 4. The largest absolute Gasteiger partial charge is 0.493 e. The normalized spacial score (nSPS) is 13.5. The zero-order chi connectivity index (χ0) is 48.4. The summed E-state index contributed by atoms with van der Waals surface area (Å²) in [4.78, 5) is 91.8. The molecule has 68 heavy (non-hydrogen) atoms. The van der Waals surface area contributed by atoms with Crippen LogP contribution in [0.3, 0.4) is 0 Å². The summed E-state index contributed by atoms with van der Waals surface area (Å²) in [5.74, 6) is -1.31. The lowest BCUT2D eigenvalue weighted by Crippen LogP contribution is -2.37. The average molecular weight is 925 g/mol. The molecule has 0 radical (unpaired) electrons. The van der Waals surface area contributed by atoms with E-state index >= 15 is 0 Å². The Hall–Kier alpha value is -8.42. The van der Waals surface area contributed by atoms with E-state index in [0.29, 0.717) is 64.9 Å². The first-order valence-electron chi connectivity index (χ1n) is 21.9. The maximum absolute atomic E-state index is 13.7. The molecule has 0 aliphatic carbocycles. The highest BCUT2D eigenvalue weighted by molar-refractivity contribution is 6.15. The van der Waals surface area contributed by atoms with Crippen LogP contribution < -0.4 is 35.6 Å². The third-order valence-electron chi connectivity index (χ3n) is 11.7. The van der Waals surface area contributed by atoms with E-state index in [1.54, 1.807) is 102 Å². The molecule has 6 aromatic rings. The van der Waals surface area contributed by atoms with Crippen LogP contribution in [0.4, 0.5) is 34.3 Å². The summed E-state index contributed by atoms with van der Waals surface area (Å²) < 4.78 is 17.8. The Morgan fingerprint density at radius 3 is 2.09 bits per heavy atom. The average Bonchev–Trinajstić information content (AvgIpc) is 4.12. The number of amides is 6.